The maximum Gasteiger partial charge on any atom is 0.323 e. The van der Waals surface area contributed by atoms with Crippen molar-refractivity contribution in [3.8, 4) is 0 Å². The monoisotopic (exact) mass is 227 g/mol. The predicted molar refractivity (Wildman–Crippen MR) is 61.1 cm³/mol. The van der Waals surface area contributed by atoms with Gasteiger partial charge < -0.3 is 10.0 Å². The highest BCUT2D eigenvalue weighted by molar-refractivity contribution is 5.85. The molecule has 1 N–H and O–H groups in total. The lowest BCUT2D eigenvalue weighted by molar-refractivity contribution is -0.149. The van der Waals surface area contributed by atoms with Gasteiger partial charge in [0.1, 0.15) is 6.54 Å². The zero-order valence-corrected chi connectivity index (χ0v) is 10.2. The fourth-order valence-corrected chi connectivity index (χ4v) is 2.44. The summed E-state index contributed by atoms with van der Waals surface area (Å²) < 4.78 is 0. The number of carbonyl (C=O) groups is 2. The van der Waals surface area contributed by atoms with Gasteiger partial charge in [0.25, 0.3) is 0 Å². The Hall–Kier alpha value is -1.06. The molecular formula is C12H21NO3. The number of aliphatic carboxylic acids is 1. The van der Waals surface area contributed by atoms with E-state index in [-0.39, 0.29) is 17.9 Å². The van der Waals surface area contributed by atoms with Gasteiger partial charge in [-0.25, -0.2) is 0 Å². The smallest absolute Gasteiger partial charge is 0.323 e. The van der Waals surface area contributed by atoms with E-state index in [9.17, 15) is 9.59 Å². The number of hydrogen-bond acceptors (Lipinski definition) is 2. The Kier molecular flexibility index (Phi) is 4.33. The molecule has 1 rings (SSSR count). The minimum Gasteiger partial charge on any atom is -0.480 e. The third-order valence-corrected chi connectivity index (χ3v) is 3.33. The summed E-state index contributed by atoms with van der Waals surface area (Å²) in [6.07, 6.45) is 4.75. The summed E-state index contributed by atoms with van der Waals surface area (Å²) in [7, 11) is 0. The van der Waals surface area contributed by atoms with Crippen LogP contribution in [0, 0.1) is 5.41 Å². The van der Waals surface area contributed by atoms with Gasteiger partial charge in [-0.3, -0.25) is 9.59 Å². The molecule has 16 heavy (non-hydrogen) atoms. The molecule has 0 spiro atoms. The molecule has 1 amide bonds. The summed E-state index contributed by atoms with van der Waals surface area (Å²) in [5.41, 5.74) is -0.315. The van der Waals surface area contributed by atoms with Crippen molar-refractivity contribution in [2.24, 2.45) is 5.41 Å². The first-order valence-electron chi connectivity index (χ1n) is 6.01. The number of carboxylic acids is 1. The van der Waals surface area contributed by atoms with E-state index >= 15 is 0 Å². The fraction of sp³-hybridized carbons (Fsp3) is 0.833. The molecule has 0 unspecified atom stereocenters. The molecule has 1 saturated carbocycles. The maximum absolute atomic E-state index is 12.3. The Labute approximate surface area is 96.6 Å². The second kappa shape index (κ2) is 5.32. The average Bonchev–Trinajstić information content (AvgIpc) is 2.64. The number of nitrogens with zero attached hydrogens (tertiary/aromatic N) is 1. The molecule has 92 valence electrons. The van der Waals surface area contributed by atoms with E-state index in [0.29, 0.717) is 6.54 Å². The van der Waals surface area contributed by atoms with Crippen LogP contribution in [0.15, 0.2) is 0 Å². The largest absolute Gasteiger partial charge is 0.480 e. The Balaban J connectivity index is 2.69. The number of hydrogen-bond donors (Lipinski definition) is 1. The first-order valence-corrected chi connectivity index (χ1v) is 6.01. The third-order valence-electron chi connectivity index (χ3n) is 3.33. The van der Waals surface area contributed by atoms with Crippen LogP contribution >= 0.6 is 0 Å². The van der Waals surface area contributed by atoms with Gasteiger partial charge in [-0.15, -0.1) is 0 Å². The summed E-state index contributed by atoms with van der Waals surface area (Å²) in [5, 5.41) is 8.79. The van der Waals surface area contributed by atoms with Crippen molar-refractivity contribution in [3.63, 3.8) is 0 Å². The lowest BCUT2D eigenvalue weighted by atomic mass is 9.87. The van der Waals surface area contributed by atoms with Crippen LogP contribution in [-0.4, -0.2) is 35.0 Å². The minimum absolute atomic E-state index is 0.0225. The second-order valence-electron chi connectivity index (χ2n) is 4.89. The fourth-order valence-electron chi connectivity index (χ4n) is 2.44. The molecule has 1 aliphatic carbocycles. The Bertz CT molecular complexity index is 269. The first-order chi connectivity index (χ1) is 7.49. The summed E-state index contributed by atoms with van der Waals surface area (Å²) in [6, 6.07) is 0. The van der Waals surface area contributed by atoms with E-state index in [1.54, 1.807) is 0 Å². The number of carboxylic acid groups (broad SMARTS) is 1. The van der Waals surface area contributed by atoms with E-state index in [0.717, 1.165) is 32.1 Å². The van der Waals surface area contributed by atoms with Crippen LogP contribution in [0.4, 0.5) is 0 Å². The number of rotatable bonds is 5. The molecule has 0 aromatic heterocycles. The van der Waals surface area contributed by atoms with Gasteiger partial charge in [0.05, 0.1) is 0 Å². The molecule has 0 radical (unpaired) electrons. The van der Waals surface area contributed by atoms with E-state index in [1.165, 1.54) is 4.90 Å². The van der Waals surface area contributed by atoms with E-state index in [4.69, 9.17) is 5.11 Å². The molecule has 1 aliphatic rings. The van der Waals surface area contributed by atoms with Crippen molar-refractivity contribution in [1.29, 1.82) is 0 Å². The molecule has 4 nitrogen and oxygen atoms in total. The van der Waals surface area contributed by atoms with Gasteiger partial charge in [-0.2, -0.15) is 0 Å². The van der Waals surface area contributed by atoms with Crippen molar-refractivity contribution in [3.05, 3.63) is 0 Å². The van der Waals surface area contributed by atoms with Gasteiger partial charge in [0.15, 0.2) is 0 Å². The average molecular weight is 227 g/mol. The minimum atomic E-state index is -0.927. The molecule has 1 fully saturated rings. The highest BCUT2D eigenvalue weighted by atomic mass is 16.4. The van der Waals surface area contributed by atoms with Crippen molar-refractivity contribution in [2.45, 2.75) is 46.0 Å². The van der Waals surface area contributed by atoms with E-state index in [2.05, 4.69) is 0 Å². The van der Waals surface area contributed by atoms with Crippen LogP contribution in [0.5, 0.6) is 0 Å². The zero-order chi connectivity index (χ0) is 12.2. The summed E-state index contributed by atoms with van der Waals surface area (Å²) in [6.45, 7) is 4.30. The van der Waals surface area contributed by atoms with E-state index < -0.39 is 5.97 Å². The van der Waals surface area contributed by atoms with Crippen LogP contribution in [-0.2, 0) is 9.59 Å². The van der Waals surface area contributed by atoms with Gasteiger partial charge in [-0.05, 0) is 19.3 Å². The van der Waals surface area contributed by atoms with Crippen molar-refractivity contribution < 1.29 is 14.7 Å². The van der Waals surface area contributed by atoms with Crippen molar-refractivity contribution >= 4 is 11.9 Å². The number of carbonyl (C=O) groups excluding carboxylic acids is 1. The molecule has 0 aromatic carbocycles. The first kappa shape index (κ1) is 13.0. The molecule has 0 atom stereocenters. The van der Waals surface area contributed by atoms with Crippen molar-refractivity contribution in [1.82, 2.24) is 4.90 Å². The van der Waals surface area contributed by atoms with Gasteiger partial charge in [0, 0.05) is 12.0 Å². The second-order valence-corrected chi connectivity index (χ2v) is 4.89. The standard InChI is InChI=1S/C12H21NO3/c1-3-8-13(9-10(14)15)11(16)12(2)6-4-5-7-12/h3-9H2,1-2H3,(H,14,15). The van der Waals surface area contributed by atoms with Crippen LogP contribution in [0.3, 0.4) is 0 Å². The molecule has 0 heterocycles. The van der Waals surface area contributed by atoms with Crippen LogP contribution in [0.25, 0.3) is 0 Å². The van der Waals surface area contributed by atoms with Crippen LogP contribution in [0.1, 0.15) is 46.0 Å². The molecule has 0 saturated heterocycles. The lowest BCUT2D eigenvalue weighted by Crippen LogP contribution is -2.44. The molecule has 0 aliphatic heterocycles. The molecule has 4 heteroatoms. The lowest BCUT2D eigenvalue weighted by Gasteiger charge is -2.30. The molecule has 0 aromatic rings. The highest BCUT2D eigenvalue weighted by Crippen LogP contribution is 2.39. The van der Waals surface area contributed by atoms with Gasteiger partial charge >= 0.3 is 5.97 Å². The Morgan fingerprint density at radius 3 is 2.31 bits per heavy atom. The summed E-state index contributed by atoms with van der Waals surface area (Å²) >= 11 is 0. The van der Waals surface area contributed by atoms with E-state index in [1.807, 2.05) is 13.8 Å². The molecule has 0 bridgehead atoms. The Morgan fingerprint density at radius 2 is 1.88 bits per heavy atom. The van der Waals surface area contributed by atoms with Crippen molar-refractivity contribution in [2.75, 3.05) is 13.1 Å². The van der Waals surface area contributed by atoms with Gasteiger partial charge in [0.2, 0.25) is 5.91 Å². The third kappa shape index (κ3) is 2.97. The number of amides is 1. The maximum atomic E-state index is 12.3. The summed E-state index contributed by atoms with van der Waals surface area (Å²) in [5.74, 6) is -0.905. The SMILES string of the molecule is CCCN(CC(=O)O)C(=O)C1(C)CCCC1. The van der Waals surface area contributed by atoms with Crippen LogP contribution in [0.2, 0.25) is 0 Å². The summed E-state index contributed by atoms with van der Waals surface area (Å²) in [4.78, 5) is 24.5. The predicted octanol–water partition coefficient (Wildman–Crippen LogP) is 1.89. The highest BCUT2D eigenvalue weighted by Gasteiger charge is 2.39. The Morgan fingerprint density at radius 1 is 1.31 bits per heavy atom. The zero-order valence-electron chi connectivity index (χ0n) is 10.2. The van der Waals surface area contributed by atoms with Crippen LogP contribution < -0.4 is 0 Å². The molecular weight excluding hydrogens is 206 g/mol. The van der Waals surface area contributed by atoms with Gasteiger partial charge in [-0.1, -0.05) is 26.7 Å². The topological polar surface area (TPSA) is 57.6 Å². The normalized spacial score (nSPS) is 18.4. The quantitative estimate of drug-likeness (QED) is 0.780.